The van der Waals surface area contributed by atoms with E-state index in [4.69, 9.17) is 9.47 Å². The molecule has 5 heterocycles. The highest BCUT2D eigenvalue weighted by Crippen LogP contribution is 2.66. The number of fused-ring (bicyclic) bond motifs is 12. The molecule has 2 aromatic heterocycles. The summed E-state index contributed by atoms with van der Waals surface area (Å²) in [6, 6.07) is 34.9. The number of para-hydroxylation sites is 2. The summed E-state index contributed by atoms with van der Waals surface area (Å²) in [6.45, 7) is 0. The minimum absolute atomic E-state index is 0.299. The van der Waals surface area contributed by atoms with Crippen molar-refractivity contribution in [3.63, 3.8) is 0 Å². The van der Waals surface area contributed by atoms with E-state index in [1.807, 2.05) is 24.3 Å². The molecule has 0 saturated heterocycles. The Morgan fingerprint density at radius 2 is 1.28 bits per heavy atom. The maximum atomic E-state index is 6.52. The topological polar surface area (TPSA) is 26.2 Å². The van der Waals surface area contributed by atoms with Gasteiger partial charge in [-0.25, -0.2) is 0 Å². The lowest BCUT2D eigenvalue weighted by Crippen LogP contribution is -2.42. The minimum Gasteiger partial charge on any atom is -0.449 e. The van der Waals surface area contributed by atoms with E-state index in [1.165, 1.54) is 27.9 Å². The monoisotopic (exact) mass is 466 g/mol. The molecular formula is C32H22N2O2+2. The minimum atomic E-state index is 0.299. The summed E-state index contributed by atoms with van der Waals surface area (Å²) in [4.78, 5) is 0. The first-order valence-corrected chi connectivity index (χ1v) is 12.6. The van der Waals surface area contributed by atoms with Gasteiger partial charge in [-0.05, 0) is 35.9 Å². The van der Waals surface area contributed by atoms with Crippen LogP contribution in [0.5, 0.6) is 23.0 Å². The molecule has 36 heavy (non-hydrogen) atoms. The molecule has 0 amide bonds. The highest BCUT2D eigenvalue weighted by atomic mass is 16.6. The lowest BCUT2D eigenvalue weighted by molar-refractivity contribution is -0.723. The van der Waals surface area contributed by atoms with E-state index in [-0.39, 0.29) is 0 Å². The van der Waals surface area contributed by atoms with E-state index in [2.05, 4.69) is 94.3 Å². The Kier molecular flexibility index (Phi) is 3.46. The Bertz CT molecular complexity index is 1700. The van der Waals surface area contributed by atoms with Gasteiger partial charge in [0.1, 0.15) is 5.92 Å². The molecule has 4 nitrogen and oxygen atoms in total. The molecule has 4 unspecified atom stereocenters. The molecule has 0 spiro atoms. The zero-order valence-corrected chi connectivity index (χ0v) is 19.4. The molecule has 170 valence electrons. The van der Waals surface area contributed by atoms with Crippen LogP contribution in [-0.4, -0.2) is 0 Å². The first-order valence-electron chi connectivity index (χ1n) is 12.6. The fourth-order valence-electron chi connectivity index (χ4n) is 6.98. The number of hydrogen-bond donors (Lipinski definition) is 0. The van der Waals surface area contributed by atoms with Gasteiger partial charge in [-0.15, -0.1) is 0 Å². The number of rotatable bonds is 1. The fourth-order valence-corrected chi connectivity index (χ4v) is 6.98. The van der Waals surface area contributed by atoms with Gasteiger partial charge in [-0.1, -0.05) is 48.5 Å². The zero-order chi connectivity index (χ0) is 23.4. The lowest BCUT2D eigenvalue weighted by atomic mass is 9.93. The first-order chi connectivity index (χ1) is 17.9. The van der Waals surface area contributed by atoms with E-state index in [0.29, 0.717) is 23.9 Å². The highest BCUT2D eigenvalue weighted by Gasteiger charge is 2.70. The van der Waals surface area contributed by atoms with Crippen LogP contribution < -0.4 is 18.6 Å². The van der Waals surface area contributed by atoms with Crippen LogP contribution >= 0.6 is 0 Å². The second-order valence-electron chi connectivity index (χ2n) is 10.1. The second-order valence-corrected chi connectivity index (χ2v) is 10.1. The van der Waals surface area contributed by atoms with Gasteiger partial charge >= 0.3 is 0 Å². The molecule has 0 N–H and O–H groups in total. The quantitative estimate of drug-likeness (QED) is 0.264. The Labute approximate surface area is 208 Å². The molecule has 5 aromatic rings. The summed E-state index contributed by atoms with van der Waals surface area (Å²) < 4.78 is 17.8. The number of benzene rings is 3. The van der Waals surface area contributed by atoms with Crippen LogP contribution in [0.15, 0.2) is 109 Å². The number of pyridine rings is 2. The second kappa shape index (κ2) is 6.61. The zero-order valence-electron chi connectivity index (χ0n) is 19.4. The van der Waals surface area contributed by atoms with Gasteiger partial charge in [-0.3, -0.25) is 0 Å². The number of nitrogens with zero attached hydrogens (tertiary/aromatic N) is 2. The average Bonchev–Trinajstić information content (AvgIpc) is 3.59. The maximum Gasteiger partial charge on any atom is 0.260 e. The SMILES string of the molecule is c1ccc2c(c1)Oc1cc[n+]3c(c1O2)-c1ccccc1C1C(C2c4ccccc4-c4cccc[n+]42)C13. The van der Waals surface area contributed by atoms with Crippen LogP contribution in [0.4, 0.5) is 0 Å². The van der Waals surface area contributed by atoms with Crippen molar-refractivity contribution < 1.29 is 18.6 Å². The number of aromatic nitrogens is 2. The summed E-state index contributed by atoms with van der Waals surface area (Å²) in [5.41, 5.74) is 7.85. The van der Waals surface area contributed by atoms with Crippen molar-refractivity contribution in [1.82, 2.24) is 0 Å². The first kappa shape index (κ1) is 18.8. The Morgan fingerprint density at radius 3 is 2.17 bits per heavy atom. The number of ether oxygens (including phenoxy) is 2. The standard InChI is InChI=1S/C32H22N2O2/c1-3-11-21-19(9-1)23-13-7-8-17-33(23)29(21)28-27-20-10-2-4-12-22(20)30-32-26(16-18-34(30)31(27)28)35-24-14-5-6-15-25(24)36-32/h1-18,27-29,31H/q+2. The smallest absolute Gasteiger partial charge is 0.260 e. The summed E-state index contributed by atoms with van der Waals surface area (Å²) in [5, 5.41) is 0. The lowest BCUT2D eigenvalue weighted by Gasteiger charge is -2.23. The summed E-state index contributed by atoms with van der Waals surface area (Å²) in [5.74, 6) is 4.01. The van der Waals surface area contributed by atoms with E-state index in [1.54, 1.807) is 0 Å². The molecule has 3 aromatic carbocycles. The molecule has 9 rings (SSSR count). The Morgan fingerprint density at radius 1 is 0.556 bits per heavy atom. The Hall–Kier alpha value is -4.44. The highest BCUT2D eigenvalue weighted by molar-refractivity contribution is 5.75. The molecule has 4 aliphatic rings. The summed E-state index contributed by atoms with van der Waals surface area (Å²) in [6.07, 6.45) is 4.46. The molecule has 4 atom stereocenters. The van der Waals surface area contributed by atoms with Crippen molar-refractivity contribution in [1.29, 1.82) is 0 Å². The molecule has 3 aliphatic heterocycles. The van der Waals surface area contributed by atoms with Gasteiger partial charge < -0.3 is 9.47 Å². The molecule has 0 radical (unpaired) electrons. The van der Waals surface area contributed by atoms with Gasteiger partial charge in [0, 0.05) is 23.8 Å². The summed E-state index contributed by atoms with van der Waals surface area (Å²) >= 11 is 0. The molecular weight excluding hydrogens is 444 g/mol. The van der Waals surface area contributed by atoms with Crippen LogP contribution in [-0.2, 0) is 0 Å². The van der Waals surface area contributed by atoms with E-state index in [9.17, 15) is 0 Å². The molecule has 4 heteroatoms. The maximum absolute atomic E-state index is 6.52. The molecule has 1 fully saturated rings. The molecule has 1 aliphatic carbocycles. The van der Waals surface area contributed by atoms with Gasteiger partial charge in [-0.2, -0.15) is 9.13 Å². The van der Waals surface area contributed by atoms with Crippen molar-refractivity contribution in [3.05, 3.63) is 121 Å². The Balaban J connectivity index is 1.25. The van der Waals surface area contributed by atoms with Crippen molar-refractivity contribution in [2.75, 3.05) is 0 Å². The van der Waals surface area contributed by atoms with Crippen LogP contribution in [0, 0.1) is 5.92 Å². The largest absolute Gasteiger partial charge is 0.449 e. The van der Waals surface area contributed by atoms with E-state index >= 15 is 0 Å². The van der Waals surface area contributed by atoms with Gasteiger partial charge in [0.15, 0.2) is 41.7 Å². The van der Waals surface area contributed by atoms with E-state index < -0.39 is 0 Å². The predicted octanol–water partition coefficient (Wildman–Crippen LogP) is 6.36. The average molecular weight is 467 g/mol. The van der Waals surface area contributed by atoms with Crippen LogP contribution in [0.2, 0.25) is 0 Å². The normalized spacial score (nSPS) is 22.9. The van der Waals surface area contributed by atoms with Crippen molar-refractivity contribution in [2.24, 2.45) is 5.92 Å². The van der Waals surface area contributed by atoms with Crippen LogP contribution in [0.25, 0.3) is 22.5 Å². The van der Waals surface area contributed by atoms with Crippen molar-refractivity contribution >= 4 is 0 Å². The molecule has 0 bridgehead atoms. The third-order valence-corrected chi connectivity index (χ3v) is 8.41. The van der Waals surface area contributed by atoms with Gasteiger partial charge in [0.05, 0.1) is 17.0 Å². The fraction of sp³-hybridized carbons (Fsp3) is 0.125. The number of hydrogen-bond acceptors (Lipinski definition) is 2. The van der Waals surface area contributed by atoms with Crippen LogP contribution in [0.1, 0.15) is 29.1 Å². The van der Waals surface area contributed by atoms with Crippen molar-refractivity contribution in [3.8, 4) is 45.5 Å². The molecule has 1 saturated carbocycles. The predicted molar refractivity (Wildman–Crippen MR) is 134 cm³/mol. The van der Waals surface area contributed by atoms with Gasteiger partial charge in [0.2, 0.25) is 11.4 Å². The third-order valence-electron chi connectivity index (χ3n) is 8.41. The van der Waals surface area contributed by atoms with Crippen LogP contribution in [0.3, 0.4) is 0 Å². The third kappa shape index (κ3) is 2.29. The van der Waals surface area contributed by atoms with E-state index in [0.717, 1.165) is 28.7 Å². The van der Waals surface area contributed by atoms with Crippen molar-refractivity contribution in [2.45, 2.75) is 18.0 Å². The van der Waals surface area contributed by atoms with Gasteiger partial charge in [0.25, 0.3) is 5.69 Å². The summed E-state index contributed by atoms with van der Waals surface area (Å²) in [7, 11) is 0.